The molecule has 2 N–H and O–H groups in total. The van der Waals surface area contributed by atoms with Crippen LogP contribution in [0.25, 0.3) is 0 Å². The lowest BCUT2D eigenvalue weighted by Gasteiger charge is -2.40. The smallest absolute Gasteiger partial charge is 0.191 e. The third-order valence-electron chi connectivity index (χ3n) is 6.29. The number of nitrogens with zero attached hydrogens (tertiary/aromatic N) is 3. The van der Waals surface area contributed by atoms with Crippen LogP contribution in [0.1, 0.15) is 58.8 Å². The lowest BCUT2D eigenvalue weighted by atomic mass is 9.86. The van der Waals surface area contributed by atoms with Crippen LogP contribution in [0.5, 0.6) is 0 Å². The standard InChI is InChI=1S/C21H43N5.HI/c1-18(2)20(26-15-13-25(4)14-16-26)17-24-21(22-3)23-12-8-11-19-9-6-5-7-10-19;/h18-20H,5-17H2,1-4H3,(H2,22,23,24);1H. The number of guanidine groups is 1. The Morgan fingerprint density at radius 2 is 1.70 bits per heavy atom. The number of aliphatic imine (C=N–C) groups is 1. The summed E-state index contributed by atoms with van der Waals surface area (Å²) in [5.74, 6) is 2.59. The fourth-order valence-corrected chi connectivity index (χ4v) is 4.44. The van der Waals surface area contributed by atoms with Crippen LogP contribution < -0.4 is 10.6 Å². The Morgan fingerprint density at radius 1 is 1.04 bits per heavy atom. The molecule has 0 aromatic rings. The van der Waals surface area contributed by atoms with Crippen LogP contribution in [-0.4, -0.2) is 75.2 Å². The topological polar surface area (TPSA) is 42.9 Å². The third-order valence-corrected chi connectivity index (χ3v) is 6.29. The largest absolute Gasteiger partial charge is 0.356 e. The molecule has 0 aromatic carbocycles. The van der Waals surface area contributed by atoms with Crippen molar-refractivity contribution < 1.29 is 0 Å². The number of halogens is 1. The molecule has 0 bridgehead atoms. The summed E-state index contributed by atoms with van der Waals surface area (Å²) in [5, 5.41) is 7.11. The van der Waals surface area contributed by atoms with Gasteiger partial charge in [-0.15, -0.1) is 24.0 Å². The minimum atomic E-state index is 0. The lowest BCUT2D eigenvalue weighted by Crippen LogP contribution is -2.55. The Balaban J connectivity index is 0.00000364. The quantitative estimate of drug-likeness (QED) is 0.236. The van der Waals surface area contributed by atoms with Crippen molar-refractivity contribution in [2.24, 2.45) is 16.8 Å². The van der Waals surface area contributed by atoms with E-state index in [1.807, 2.05) is 7.05 Å². The molecule has 0 aromatic heterocycles. The highest BCUT2D eigenvalue weighted by atomic mass is 127. The van der Waals surface area contributed by atoms with Crippen molar-refractivity contribution in [3.63, 3.8) is 0 Å². The molecule has 1 unspecified atom stereocenters. The minimum Gasteiger partial charge on any atom is -0.356 e. The van der Waals surface area contributed by atoms with Gasteiger partial charge in [-0.1, -0.05) is 46.0 Å². The summed E-state index contributed by atoms with van der Waals surface area (Å²) in [6.07, 6.45) is 9.89. The van der Waals surface area contributed by atoms with Crippen LogP contribution in [-0.2, 0) is 0 Å². The highest BCUT2D eigenvalue weighted by molar-refractivity contribution is 14.0. The molecule has 1 heterocycles. The monoisotopic (exact) mass is 493 g/mol. The first-order valence-electron chi connectivity index (χ1n) is 11.0. The maximum Gasteiger partial charge on any atom is 0.191 e. The van der Waals surface area contributed by atoms with Crippen LogP contribution in [0.3, 0.4) is 0 Å². The predicted molar refractivity (Wildman–Crippen MR) is 128 cm³/mol. The van der Waals surface area contributed by atoms with Crippen LogP contribution >= 0.6 is 24.0 Å². The van der Waals surface area contributed by atoms with Gasteiger partial charge >= 0.3 is 0 Å². The molecule has 6 heteroatoms. The number of rotatable bonds is 8. The van der Waals surface area contributed by atoms with E-state index in [0.29, 0.717) is 12.0 Å². The number of piperazine rings is 1. The number of hydrogen-bond acceptors (Lipinski definition) is 3. The molecule has 2 rings (SSSR count). The average molecular weight is 494 g/mol. The average Bonchev–Trinajstić information content (AvgIpc) is 2.65. The summed E-state index contributed by atoms with van der Waals surface area (Å²) in [6.45, 7) is 11.4. The Labute approximate surface area is 185 Å². The van der Waals surface area contributed by atoms with Gasteiger partial charge in [-0.25, -0.2) is 0 Å². The molecule has 2 aliphatic rings. The fraction of sp³-hybridized carbons (Fsp3) is 0.952. The number of nitrogens with one attached hydrogen (secondary N) is 2. The van der Waals surface area contributed by atoms with Crippen LogP contribution in [0, 0.1) is 11.8 Å². The molecule has 0 amide bonds. The predicted octanol–water partition coefficient (Wildman–Crippen LogP) is 3.40. The Kier molecular flexibility index (Phi) is 12.9. The van der Waals surface area contributed by atoms with Gasteiger partial charge in [-0.2, -0.15) is 0 Å². The molecule has 1 saturated heterocycles. The van der Waals surface area contributed by atoms with Gasteiger partial charge in [0.05, 0.1) is 0 Å². The third kappa shape index (κ3) is 9.31. The zero-order valence-electron chi connectivity index (χ0n) is 18.2. The highest BCUT2D eigenvalue weighted by Gasteiger charge is 2.25. The zero-order chi connectivity index (χ0) is 18.8. The van der Waals surface area contributed by atoms with Crippen molar-refractivity contribution in [2.75, 3.05) is 53.4 Å². The summed E-state index contributed by atoms with van der Waals surface area (Å²) >= 11 is 0. The maximum atomic E-state index is 4.43. The van der Waals surface area contributed by atoms with E-state index in [9.17, 15) is 0 Å². The van der Waals surface area contributed by atoms with E-state index in [4.69, 9.17) is 0 Å². The summed E-state index contributed by atoms with van der Waals surface area (Å²) in [5.41, 5.74) is 0. The number of likely N-dealkylation sites (N-methyl/N-ethyl adjacent to an activating group) is 1. The van der Waals surface area contributed by atoms with Crippen molar-refractivity contribution in [3.05, 3.63) is 0 Å². The number of hydrogen-bond donors (Lipinski definition) is 2. The van der Waals surface area contributed by atoms with Gasteiger partial charge in [-0.05, 0) is 31.7 Å². The molecule has 2 fully saturated rings. The first-order valence-corrected chi connectivity index (χ1v) is 11.0. The second kappa shape index (κ2) is 14.0. The van der Waals surface area contributed by atoms with Gasteiger partial charge < -0.3 is 15.5 Å². The maximum absolute atomic E-state index is 4.43. The fourth-order valence-electron chi connectivity index (χ4n) is 4.44. The van der Waals surface area contributed by atoms with Gasteiger partial charge in [0.25, 0.3) is 0 Å². The normalized spacial score (nSPS) is 21.7. The summed E-state index contributed by atoms with van der Waals surface area (Å²) < 4.78 is 0. The molecule has 160 valence electrons. The second-order valence-corrected chi connectivity index (χ2v) is 8.68. The molecule has 5 nitrogen and oxygen atoms in total. The Bertz CT molecular complexity index is 401. The molecular formula is C21H44IN5. The Morgan fingerprint density at radius 3 is 2.30 bits per heavy atom. The van der Waals surface area contributed by atoms with E-state index in [2.05, 4.69) is 46.3 Å². The highest BCUT2D eigenvalue weighted by Crippen LogP contribution is 2.26. The zero-order valence-corrected chi connectivity index (χ0v) is 20.5. The molecule has 1 aliphatic heterocycles. The van der Waals surface area contributed by atoms with Crippen molar-refractivity contribution in [3.8, 4) is 0 Å². The van der Waals surface area contributed by atoms with E-state index < -0.39 is 0 Å². The minimum absolute atomic E-state index is 0. The molecule has 0 radical (unpaired) electrons. The van der Waals surface area contributed by atoms with E-state index in [1.165, 1.54) is 71.1 Å². The van der Waals surface area contributed by atoms with Crippen molar-refractivity contribution in [2.45, 2.75) is 64.8 Å². The van der Waals surface area contributed by atoms with E-state index in [-0.39, 0.29) is 24.0 Å². The summed E-state index contributed by atoms with van der Waals surface area (Å²) in [7, 11) is 4.11. The molecule has 1 aliphatic carbocycles. The van der Waals surface area contributed by atoms with Gasteiger partial charge in [0.15, 0.2) is 5.96 Å². The van der Waals surface area contributed by atoms with Crippen LogP contribution in [0.2, 0.25) is 0 Å². The van der Waals surface area contributed by atoms with Crippen molar-refractivity contribution in [1.82, 2.24) is 20.4 Å². The summed E-state index contributed by atoms with van der Waals surface area (Å²) in [6, 6.07) is 0.574. The first-order chi connectivity index (χ1) is 12.6. The van der Waals surface area contributed by atoms with Crippen molar-refractivity contribution in [1.29, 1.82) is 0 Å². The molecule has 1 atom stereocenters. The van der Waals surface area contributed by atoms with Crippen LogP contribution in [0.15, 0.2) is 4.99 Å². The van der Waals surface area contributed by atoms with Crippen LogP contribution in [0.4, 0.5) is 0 Å². The first kappa shape index (κ1) is 25.0. The van der Waals surface area contributed by atoms with Gasteiger partial charge in [0.2, 0.25) is 0 Å². The molecule has 1 saturated carbocycles. The van der Waals surface area contributed by atoms with E-state index in [1.54, 1.807) is 0 Å². The lowest BCUT2D eigenvalue weighted by molar-refractivity contribution is 0.0900. The van der Waals surface area contributed by atoms with Crippen molar-refractivity contribution >= 4 is 29.9 Å². The van der Waals surface area contributed by atoms with Gasteiger partial charge in [0.1, 0.15) is 0 Å². The van der Waals surface area contributed by atoms with E-state index in [0.717, 1.165) is 25.0 Å². The molecule has 0 spiro atoms. The summed E-state index contributed by atoms with van der Waals surface area (Å²) in [4.78, 5) is 9.50. The Hall–Kier alpha value is -0.0800. The SMILES string of the molecule is CN=C(NCCCC1CCCCC1)NCC(C(C)C)N1CCN(C)CC1.I. The van der Waals surface area contributed by atoms with Gasteiger partial charge in [-0.3, -0.25) is 9.89 Å². The molecule has 27 heavy (non-hydrogen) atoms. The van der Waals surface area contributed by atoms with Gasteiger partial charge in [0, 0.05) is 52.4 Å². The molecular weight excluding hydrogens is 449 g/mol. The second-order valence-electron chi connectivity index (χ2n) is 8.68. The van der Waals surface area contributed by atoms with E-state index >= 15 is 0 Å².